The van der Waals surface area contributed by atoms with E-state index in [1.807, 2.05) is 0 Å². The molecule has 0 radical (unpaired) electrons. The number of carbonyl (C=O) groups is 2. The lowest BCUT2D eigenvalue weighted by atomic mass is 10.1. The molecule has 2 rings (SSSR count). The molecule has 4 nitrogen and oxygen atoms in total. The van der Waals surface area contributed by atoms with Gasteiger partial charge in [-0.1, -0.05) is 0 Å². The van der Waals surface area contributed by atoms with Crippen molar-refractivity contribution in [3.05, 3.63) is 63.9 Å². The van der Waals surface area contributed by atoms with Crippen molar-refractivity contribution in [1.29, 1.82) is 0 Å². The predicted octanol–water partition coefficient (Wildman–Crippen LogP) is 3.54. The molecule has 2 N–H and O–H groups in total. The van der Waals surface area contributed by atoms with Gasteiger partial charge in [-0.05, 0) is 58.4 Å². The van der Waals surface area contributed by atoms with E-state index in [4.69, 9.17) is 5.11 Å². The van der Waals surface area contributed by atoms with Crippen LogP contribution in [0.25, 0.3) is 0 Å². The van der Waals surface area contributed by atoms with E-state index in [9.17, 15) is 14.0 Å². The average Bonchev–Trinajstić information content (AvgIpc) is 2.43. The van der Waals surface area contributed by atoms with Crippen LogP contribution in [-0.4, -0.2) is 17.0 Å². The maximum Gasteiger partial charge on any atom is 0.335 e. The summed E-state index contributed by atoms with van der Waals surface area (Å²) in [5.74, 6) is -1.99. The Morgan fingerprint density at radius 1 is 1.05 bits per heavy atom. The van der Waals surface area contributed by atoms with Crippen molar-refractivity contribution in [3.63, 3.8) is 0 Å². The Morgan fingerprint density at radius 3 is 2.20 bits per heavy atom. The van der Waals surface area contributed by atoms with E-state index in [1.165, 1.54) is 36.4 Å². The quantitative estimate of drug-likeness (QED) is 0.900. The number of hydrogen-bond donors (Lipinski definition) is 2. The van der Waals surface area contributed by atoms with E-state index in [1.54, 1.807) is 6.07 Å². The number of halogens is 2. The molecule has 0 aromatic heterocycles. The second kappa shape index (κ2) is 5.83. The molecule has 0 bridgehead atoms. The summed E-state index contributed by atoms with van der Waals surface area (Å²) in [7, 11) is 0. The Balaban J connectivity index is 2.15. The van der Waals surface area contributed by atoms with Crippen LogP contribution in [0.4, 0.5) is 10.1 Å². The van der Waals surface area contributed by atoms with Crippen molar-refractivity contribution < 1.29 is 19.1 Å². The molecule has 2 aromatic carbocycles. The molecule has 20 heavy (non-hydrogen) atoms. The third kappa shape index (κ3) is 3.21. The first-order chi connectivity index (χ1) is 9.47. The largest absolute Gasteiger partial charge is 0.478 e. The van der Waals surface area contributed by atoms with Crippen molar-refractivity contribution in [2.24, 2.45) is 0 Å². The smallest absolute Gasteiger partial charge is 0.335 e. The van der Waals surface area contributed by atoms with Crippen LogP contribution in [0, 0.1) is 5.82 Å². The normalized spacial score (nSPS) is 10.1. The summed E-state index contributed by atoms with van der Waals surface area (Å²) in [4.78, 5) is 22.6. The van der Waals surface area contributed by atoms with Crippen molar-refractivity contribution in [2.45, 2.75) is 0 Å². The van der Waals surface area contributed by atoms with E-state index >= 15 is 0 Å². The summed E-state index contributed by atoms with van der Waals surface area (Å²) >= 11 is 3.02. The molecular formula is C14H9BrFNO3. The second-order valence-corrected chi connectivity index (χ2v) is 4.82. The third-order valence-electron chi connectivity index (χ3n) is 2.57. The number of amides is 1. The van der Waals surface area contributed by atoms with E-state index in [2.05, 4.69) is 21.2 Å². The summed E-state index contributed by atoms with van der Waals surface area (Å²) in [5.41, 5.74) is 0.701. The summed E-state index contributed by atoms with van der Waals surface area (Å²) in [5, 5.41) is 11.3. The van der Waals surface area contributed by atoms with Gasteiger partial charge < -0.3 is 10.4 Å². The molecule has 0 fully saturated rings. The monoisotopic (exact) mass is 337 g/mol. The van der Waals surface area contributed by atoms with Crippen molar-refractivity contribution in [1.82, 2.24) is 0 Å². The molecule has 0 spiro atoms. The van der Waals surface area contributed by atoms with Gasteiger partial charge in [0, 0.05) is 11.3 Å². The number of carboxylic acid groups (broad SMARTS) is 1. The molecule has 1 amide bonds. The zero-order valence-corrected chi connectivity index (χ0v) is 11.6. The highest BCUT2D eigenvalue weighted by Gasteiger charge is 2.09. The lowest BCUT2D eigenvalue weighted by Crippen LogP contribution is -2.12. The lowest BCUT2D eigenvalue weighted by Gasteiger charge is -2.06. The van der Waals surface area contributed by atoms with Gasteiger partial charge in [-0.15, -0.1) is 0 Å². The maximum atomic E-state index is 13.3. The van der Waals surface area contributed by atoms with Crippen molar-refractivity contribution in [3.8, 4) is 0 Å². The van der Waals surface area contributed by atoms with E-state index in [0.29, 0.717) is 15.7 Å². The Labute approximate surface area is 122 Å². The first kappa shape index (κ1) is 14.2. The molecule has 0 aliphatic rings. The fraction of sp³-hybridized carbons (Fsp3) is 0. The zero-order chi connectivity index (χ0) is 14.7. The predicted molar refractivity (Wildman–Crippen MR) is 75.5 cm³/mol. The number of carbonyl (C=O) groups excluding carboxylic acids is 1. The van der Waals surface area contributed by atoms with Gasteiger partial charge >= 0.3 is 5.97 Å². The number of aromatic carboxylic acids is 1. The number of carboxylic acids is 1. The van der Waals surface area contributed by atoms with Gasteiger partial charge in [-0.25, -0.2) is 9.18 Å². The van der Waals surface area contributed by atoms with Crippen LogP contribution < -0.4 is 5.32 Å². The Bertz CT molecular complexity index is 671. The van der Waals surface area contributed by atoms with E-state index in [0.717, 1.165) is 0 Å². The standard InChI is InChI=1S/C14H9BrFNO3/c15-11-6-5-10(7-12(11)16)17-13(18)8-1-3-9(4-2-8)14(19)20/h1-7H,(H,17,18)(H,19,20). The van der Waals surface area contributed by atoms with Crippen molar-refractivity contribution in [2.75, 3.05) is 5.32 Å². The minimum atomic E-state index is -1.06. The van der Waals surface area contributed by atoms with Gasteiger partial charge in [0.2, 0.25) is 0 Å². The fourth-order valence-corrected chi connectivity index (χ4v) is 1.79. The molecule has 0 saturated carbocycles. The Hall–Kier alpha value is -2.21. The highest BCUT2D eigenvalue weighted by Crippen LogP contribution is 2.19. The highest BCUT2D eigenvalue weighted by atomic mass is 79.9. The Kier molecular flexibility index (Phi) is 4.14. The zero-order valence-electron chi connectivity index (χ0n) is 10.1. The van der Waals surface area contributed by atoms with Gasteiger partial charge in [-0.2, -0.15) is 0 Å². The molecule has 0 atom stereocenters. The SMILES string of the molecule is O=C(O)c1ccc(C(=O)Nc2ccc(Br)c(F)c2)cc1. The number of benzene rings is 2. The summed E-state index contributed by atoms with van der Waals surface area (Å²) in [6, 6.07) is 9.68. The van der Waals surface area contributed by atoms with Gasteiger partial charge in [0.25, 0.3) is 5.91 Å². The number of anilines is 1. The van der Waals surface area contributed by atoms with Crippen LogP contribution in [0.15, 0.2) is 46.9 Å². The minimum Gasteiger partial charge on any atom is -0.478 e. The Morgan fingerprint density at radius 2 is 1.65 bits per heavy atom. The number of nitrogens with one attached hydrogen (secondary N) is 1. The molecule has 0 aliphatic carbocycles. The molecule has 0 aliphatic heterocycles. The van der Waals surface area contributed by atoms with Gasteiger partial charge in [0.1, 0.15) is 5.82 Å². The summed E-state index contributed by atoms with van der Waals surface area (Å²) in [6.45, 7) is 0. The van der Waals surface area contributed by atoms with Crippen LogP contribution in [-0.2, 0) is 0 Å². The van der Waals surface area contributed by atoms with Crippen LogP contribution in [0.2, 0.25) is 0 Å². The highest BCUT2D eigenvalue weighted by molar-refractivity contribution is 9.10. The van der Waals surface area contributed by atoms with Crippen LogP contribution in [0.3, 0.4) is 0 Å². The van der Waals surface area contributed by atoms with E-state index < -0.39 is 17.7 Å². The van der Waals surface area contributed by atoms with Gasteiger partial charge in [-0.3, -0.25) is 4.79 Å². The molecule has 0 saturated heterocycles. The lowest BCUT2D eigenvalue weighted by molar-refractivity contribution is 0.0696. The number of hydrogen-bond acceptors (Lipinski definition) is 2. The fourth-order valence-electron chi connectivity index (χ4n) is 1.54. The maximum absolute atomic E-state index is 13.3. The number of rotatable bonds is 3. The van der Waals surface area contributed by atoms with Crippen LogP contribution in [0.1, 0.15) is 20.7 Å². The summed E-state index contributed by atoms with van der Waals surface area (Å²) in [6.07, 6.45) is 0. The van der Waals surface area contributed by atoms with Crippen LogP contribution in [0.5, 0.6) is 0 Å². The minimum absolute atomic E-state index is 0.0937. The first-order valence-electron chi connectivity index (χ1n) is 5.57. The molecule has 2 aromatic rings. The van der Waals surface area contributed by atoms with Crippen molar-refractivity contribution >= 4 is 33.5 Å². The molecule has 0 unspecified atom stereocenters. The average molecular weight is 338 g/mol. The molecular weight excluding hydrogens is 329 g/mol. The van der Waals surface area contributed by atoms with Gasteiger partial charge in [0.15, 0.2) is 0 Å². The second-order valence-electron chi connectivity index (χ2n) is 3.97. The summed E-state index contributed by atoms with van der Waals surface area (Å²) < 4.78 is 13.6. The molecule has 6 heteroatoms. The molecule has 0 heterocycles. The third-order valence-corrected chi connectivity index (χ3v) is 3.21. The van der Waals surface area contributed by atoms with Gasteiger partial charge in [0.05, 0.1) is 10.0 Å². The first-order valence-corrected chi connectivity index (χ1v) is 6.36. The van der Waals surface area contributed by atoms with Crippen LogP contribution >= 0.6 is 15.9 Å². The molecule has 102 valence electrons. The topological polar surface area (TPSA) is 66.4 Å². The van der Waals surface area contributed by atoms with E-state index in [-0.39, 0.29) is 5.56 Å².